The molecule has 3 aromatic rings. The van der Waals surface area contributed by atoms with Crippen LogP contribution in [-0.2, 0) is 4.74 Å². The smallest absolute Gasteiger partial charge is 0.260 e. The Bertz CT molecular complexity index is 1110. The Morgan fingerprint density at radius 1 is 1.19 bits per heavy atom. The monoisotopic (exact) mass is 475 g/mol. The van der Waals surface area contributed by atoms with Crippen molar-refractivity contribution in [2.24, 2.45) is 0 Å². The van der Waals surface area contributed by atoms with Crippen LogP contribution in [0.5, 0.6) is 11.5 Å². The number of halogens is 1. The van der Waals surface area contributed by atoms with Crippen LogP contribution >= 0.6 is 22.9 Å². The van der Waals surface area contributed by atoms with E-state index in [0.29, 0.717) is 47.0 Å². The zero-order valence-electron chi connectivity index (χ0n) is 18.4. The molecule has 0 saturated carbocycles. The summed E-state index contributed by atoms with van der Waals surface area (Å²) in [5.74, 6) is 0.953. The van der Waals surface area contributed by atoms with Gasteiger partial charge in [0.2, 0.25) is 0 Å². The van der Waals surface area contributed by atoms with Crippen LogP contribution in [0.25, 0.3) is 10.2 Å². The number of rotatable bonds is 7. The molecule has 0 aliphatic carbocycles. The first-order valence-electron chi connectivity index (χ1n) is 10.4. The summed E-state index contributed by atoms with van der Waals surface area (Å²) in [7, 11) is 3.13. The Morgan fingerprint density at radius 3 is 2.66 bits per heavy atom. The van der Waals surface area contributed by atoms with Gasteiger partial charge in [-0.3, -0.25) is 14.6 Å². The molecule has 0 unspecified atom stereocenters. The third-order valence-corrected chi connectivity index (χ3v) is 6.73. The van der Waals surface area contributed by atoms with Crippen molar-refractivity contribution in [1.29, 1.82) is 0 Å². The van der Waals surface area contributed by atoms with Crippen LogP contribution in [0.15, 0.2) is 30.3 Å². The quantitative estimate of drug-likeness (QED) is 0.509. The van der Waals surface area contributed by atoms with Gasteiger partial charge in [0, 0.05) is 36.8 Å². The summed E-state index contributed by atoms with van der Waals surface area (Å²) in [6.45, 7) is 6.36. The van der Waals surface area contributed by atoms with Gasteiger partial charge in [-0.05, 0) is 42.8 Å². The second kappa shape index (κ2) is 10.0. The minimum Gasteiger partial charge on any atom is -0.493 e. The number of amides is 1. The average molecular weight is 476 g/mol. The molecule has 1 saturated heterocycles. The average Bonchev–Trinajstić information content (AvgIpc) is 3.23. The molecule has 1 aliphatic rings. The summed E-state index contributed by atoms with van der Waals surface area (Å²) in [6.07, 6.45) is 0. The maximum Gasteiger partial charge on any atom is 0.260 e. The fraction of sp³-hybridized carbons (Fsp3) is 0.391. The number of benzene rings is 2. The van der Waals surface area contributed by atoms with Crippen LogP contribution in [0.3, 0.4) is 0 Å². The van der Waals surface area contributed by atoms with Gasteiger partial charge in [0.15, 0.2) is 16.6 Å². The Balaban J connectivity index is 1.68. The van der Waals surface area contributed by atoms with Crippen molar-refractivity contribution in [3.8, 4) is 11.5 Å². The standard InChI is InChI=1S/C23H26ClN3O4S/c1-15-12-17(24)14-20-21(15)25-23(32-20)27(7-6-26-8-10-31-11-9-26)22(28)16-4-5-18(29-2)19(13-16)30-3/h4-5,12-14H,6-11H2,1-3H3. The van der Waals surface area contributed by atoms with Crippen molar-refractivity contribution in [1.82, 2.24) is 9.88 Å². The van der Waals surface area contributed by atoms with Gasteiger partial charge in [0.1, 0.15) is 0 Å². The lowest BCUT2D eigenvalue weighted by Crippen LogP contribution is -2.43. The van der Waals surface area contributed by atoms with E-state index >= 15 is 0 Å². The molecule has 0 atom stereocenters. The van der Waals surface area contributed by atoms with Crippen LogP contribution in [0.2, 0.25) is 5.02 Å². The normalized spacial score (nSPS) is 14.5. The van der Waals surface area contributed by atoms with E-state index in [1.165, 1.54) is 11.3 Å². The SMILES string of the molecule is COc1ccc(C(=O)N(CCN2CCOCC2)c2nc3c(C)cc(Cl)cc3s2)cc1OC. The van der Waals surface area contributed by atoms with E-state index in [1.54, 1.807) is 37.3 Å². The van der Waals surface area contributed by atoms with Crippen LogP contribution in [0.1, 0.15) is 15.9 Å². The molecule has 0 N–H and O–H groups in total. The lowest BCUT2D eigenvalue weighted by molar-refractivity contribution is 0.0391. The van der Waals surface area contributed by atoms with E-state index in [1.807, 2.05) is 19.1 Å². The van der Waals surface area contributed by atoms with Gasteiger partial charge in [0.05, 0.1) is 37.6 Å². The minimum absolute atomic E-state index is 0.137. The molecule has 1 aromatic heterocycles. The number of ether oxygens (including phenoxy) is 3. The number of nitrogens with zero attached hydrogens (tertiary/aromatic N) is 3. The van der Waals surface area contributed by atoms with Crippen molar-refractivity contribution >= 4 is 44.2 Å². The van der Waals surface area contributed by atoms with Gasteiger partial charge in [-0.1, -0.05) is 22.9 Å². The molecule has 170 valence electrons. The molecule has 32 heavy (non-hydrogen) atoms. The van der Waals surface area contributed by atoms with Gasteiger partial charge in [-0.15, -0.1) is 0 Å². The fourth-order valence-corrected chi connectivity index (χ4v) is 5.18. The number of anilines is 1. The van der Waals surface area contributed by atoms with Gasteiger partial charge in [-0.25, -0.2) is 4.98 Å². The molecule has 9 heteroatoms. The number of hydrogen-bond acceptors (Lipinski definition) is 7. The Kier molecular flexibility index (Phi) is 7.15. The van der Waals surface area contributed by atoms with E-state index < -0.39 is 0 Å². The maximum atomic E-state index is 13.6. The molecule has 2 heterocycles. The molecule has 1 amide bonds. The largest absolute Gasteiger partial charge is 0.493 e. The number of aromatic nitrogens is 1. The van der Waals surface area contributed by atoms with Gasteiger partial charge < -0.3 is 14.2 Å². The lowest BCUT2D eigenvalue weighted by Gasteiger charge is -2.29. The summed E-state index contributed by atoms with van der Waals surface area (Å²) in [5, 5.41) is 1.31. The highest BCUT2D eigenvalue weighted by molar-refractivity contribution is 7.22. The highest BCUT2D eigenvalue weighted by Crippen LogP contribution is 2.34. The Morgan fingerprint density at radius 2 is 1.94 bits per heavy atom. The van der Waals surface area contributed by atoms with E-state index in [-0.39, 0.29) is 5.91 Å². The van der Waals surface area contributed by atoms with E-state index in [9.17, 15) is 4.79 Å². The third-order valence-electron chi connectivity index (χ3n) is 5.49. The third kappa shape index (κ3) is 4.83. The van der Waals surface area contributed by atoms with Gasteiger partial charge in [0.25, 0.3) is 5.91 Å². The summed E-state index contributed by atoms with van der Waals surface area (Å²) < 4.78 is 17.1. The van der Waals surface area contributed by atoms with Crippen LogP contribution in [0, 0.1) is 6.92 Å². The molecule has 7 nitrogen and oxygen atoms in total. The lowest BCUT2D eigenvalue weighted by atomic mass is 10.1. The first-order chi connectivity index (χ1) is 15.5. The van der Waals surface area contributed by atoms with Gasteiger partial charge in [-0.2, -0.15) is 0 Å². The van der Waals surface area contributed by atoms with E-state index in [4.69, 9.17) is 30.8 Å². The van der Waals surface area contributed by atoms with Crippen molar-refractivity contribution in [3.05, 3.63) is 46.5 Å². The number of hydrogen-bond donors (Lipinski definition) is 0. The topological polar surface area (TPSA) is 64.1 Å². The molecule has 0 bridgehead atoms. The number of carbonyl (C=O) groups excluding carboxylic acids is 1. The molecule has 2 aromatic carbocycles. The van der Waals surface area contributed by atoms with Crippen LogP contribution in [0.4, 0.5) is 5.13 Å². The number of thiazole rings is 1. The molecule has 1 fully saturated rings. The van der Waals surface area contributed by atoms with Crippen LogP contribution in [-0.4, -0.2) is 69.4 Å². The molecular weight excluding hydrogens is 450 g/mol. The summed E-state index contributed by atoms with van der Waals surface area (Å²) in [4.78, 5) is 22.5. The molecular formula is C23H26ClN3O4S. The number of methoxy groups -OCH3 is 2. The van der Waals surface area contributed by atoms with Crippen molar-refractivity contribution in [3.63, 3.8) is 0 Å². The zero-order valence-corrected chi connectivity index (χ0v) is 20.0. The predicted octanol–water partition coefficient (Wildman–Crippen LogP) is 4.25. The van der Waals surface area contributed by atoms with Gasteiger partial charge >= 0.3 is 0 Å². The first-order valence-corrected chi connectivity index (χ1v) is 11.6. The molecule has 0 spiro atoms. The van der Waals surface area contributed by atoms with Crippen LogP contribution < -0.4 is 14.4 Å². The zero-order chi connectivity index (χ0) is 22.7. The number of aryl methyl sites for hydroxylation is 1. The first kappa shape index (κ1) is 22.8. The molecule has 4 rings (SSSR count). The highest BCUT2D eigenvalue weighted by Gasteiger charge is 2.24. The number of fused-ring (bicyclic) bond motifs is 1. The van der Waals surface area contributed by atoms with Crippen molar-refractivity contribution in [2.75, 3.05) is 58.5 Å². The second-order valence-corrected chi connectivity index (χ2v) is 8.99. The predicted molar refractivity (Wildman–Crippen MR) is 128 cm³/mol. The van der Waals surface area contributed by atoms with E-state index in [2.05, 4.69) is 4.90 Å². The molecule has 1 aliphatic heterocycles. The van der Waals surface area contributed by atoms with E-state index in [0.717, 1.165) is 35.4 Å². The Hall–Kier alpha value is -2.39. The fourth-order valence-electron chi connectivity index (χ4n) is 3.73. The number of morpholine rings is 1. The summed E-state index contributed by atoms with van der Waals surface area (Å²) in [5.41, 5.74) is 2.37. The van der Waals surface area contributed by atoms with Crippen molar-refractivity contribution in [2.45, 2.75) is 6.92 Å². The number of carbonyl (C=O) groups is 1. The minimum atomic E-state index is -0.137. The Labute approximate surface area is 196 Å². The summed E-state index contributed by atoms with van der Waals surface area (Å²) in [6, 6.07) is 8.99. The highest BCUT2D eigenvalue weighted by atomic mass is 35.5. The second-order valence-electron chi connectivity index (χ2n) is 7.55. The van der Waals surface area contributed by atoms with Crippen molar-refractivity contribution < 1.29 is 19.0 Å². The maximum absolute atomic E-state index is 13.6. The molecule has 0 radical (unpaired) electrons. The summed E-state index contributed by atoms with van der Waals surface area (Å²) >= 11 is 7.72.